The van der Waals surface area contributed by atoms with Crippen molar-refractivity contribution in [3.8, 4) is 0 Å². The second-order valence-electron chi connectivity index (χ2n) is 5.06. The zero-order valence-electron chi connectivity index (χ0n) is 11.9. The summed E-state index contributed by atoms with van der Waals surface area (Å²) in [6.07, 6.45) is 1.59. The molecule has 0 aliphatic rings. The first-order chi connectivity index (χ1) is 10.1. The molecule has 2 N–H and O–H groups in total. The molecule has 0 saturated carbocycles. The molecule has 2 aromatic carbocycles. The van der Waals surface area contributed by atoms with Crippen LogP contribution >= 0.6 is 15.9 Å². The summed E-state index contributed by atoms with van der Waals surface area (Å²) >= 11 is 3.26. The lowest BCUT2D eigenvalue weighted by Crippen LogP contribution is -2.08. The van der Waals surface area contributed by atoms with E-state index in [2.05, 4.69) is 21.2 Å². The quantitative estimate of drug-likeness (QED) is 0.791. The molecule has 2 rings (SSSR count). The van der Waals surface area contributed by atoms with Gasteiger partial charge in [-0.15, -0.1) is 0 Å². The molecule has 21 heavy (non-hydrogen) atoms. The first-order valence-corrected chi connectivity index (χ1v) is 7.80. The summed E-state index contributed by atoms with van der Waals surface area (Å²) in [6, 6.07) is 13.0. The fourth-order valence-corrected chi connectivity index (χ4v) is 2.61. The predicted octanol–water partition coefficient (Wildman–Crippen LogP) is 4.69. The van der Waals surface area contributed by atoms with Gasteiger partial charge < -0.3 is 10.4 Å². The van der Waals surface area contributed by atoms with Crippen LogP contribution in [-0.2, 0) is 6.42 Å². The summed E-state index contributed by atoms with van der Waals surface area (Å²) in [5.74, 6) is -0.221. The van der Waals surface area contributed by atoms with E-state index in [0.29, 0.717) is 5.56 Å². The first kappa shape index (κ1) is 16.0. The minimum Gasteiger partial charge on any atom is -0.396 e. The summed E-state index contributed by atoms with van der Waals surface area (Å²) in [7, 11) is 0. The lowest BCUT2D eigenvalue weighted by atomic mass is 10.1. The van der Waals surface area contributed by atoms with Crippen LogP contribution in [0.1, 0.15) is 30.5 Å². The number of aryl methyl sites for hydroxylation is 1. The topological polar surface area (TPSA) is 32.3 Å². The number of hydrogen-bond acceptors (Lipinski definition) is 2. The Morgan fingerprint density at radius 2 is 2.05 bits per heavy atom. The number of benzene rings is 2. The molecule has 0 fully saturated rings. The Balaban J connectivity index is 2.10. The smallest absolute Gasteiger partial charge is 0.129 e. The third-order valence-corrected chi connectivity index (χ3v) is 3.86. The highest BCUT2D eigenvalue weighted by Gasteiger charge is 2.11. The summed E-state index contributed by atoms with van der Waals surface area (Å²) in [4.78, 5) is 0. The number of anilines is 1. The van der Waals surface area contributed by atoms with E-state index in [1.165, 1.54) is 6.07 Å². The van der Waals surface area contributed by atoms with Crippen molar-refractivity contribution in [3.63, 3.8) is 0 Å². The van der Waals surface area contributed by atoms with E-state index in [4.69, 9.17) is 5.11 Å². The van der Waals surface area contributed by atoms with Gasteiger partial charge in [0.1, 0.15) is 5.82 Å². The minimum atomic E-state index is -0.221. The van der Waals surface area contributed by atoms with Crippen LogP contribution in [0.25, 0.3) is 0 Å². The lowest BCUT2D eigenvalue weighted by Gasteiger charge is -2.17. The first-order valence-electron chi connectivity index (χ1n) is 7.01. The van der Waals surface area contributed by atoms with E-state index in [1.807, 2.05) is 37.3 Å². The van der Waals surface area contributed by atoms with Crippen LogP contribution in [-0.4, -0.2) is 11.7 Å². The van der Waals surface area contributed by atoms with Crippen molar-refractivity contribution in [3.05, 3.63) is 63.9 Å². The van der Waals surface area contributed by atoms with Gasteiger partial charge in [0.05, 0.1) is 6.04 Å². The molecule has 112 valence electrons. The monoisotopic (exact) mass is 351 g/mol. The van der Waals surface area contributed by atoms with Gasteiger partial charge >= 0.3 is 0 Å². The number of hydrogen-bond donors (Lipinski definition) is 2. The van der Waals surface area contributed by atoms with Crippen molar-refractivity contribution in [2.75, 3.05) is 11.9 Å². The second kappa shape index (κ2) is 7.57. The summed E-state index contributed by atoms with van der Waals surface area (Å²) < 4.78 is 14.7. The van der Waals surface area contributed by atoms with Crippen molar-refractivity contribution in [2.45, 2.75) is 25.8 Å². The van der Waals surface area contributed by atoms with Gasteiger partial charge in [0.2, 0.25) is 0 Å². The maximum absolute atomic E-state index is 14.0. The van der Waals surface area contributed by atoms with E-state index in [9.17, 15) is 4.39 Å². The fraction of sp³-hybridized carbons (Fsp3) is 0.294. The van der Waals surface area contributed by atoms with Crippen LogP contribution in [0.2, 0.25) is 0 Å². The third kappa shape index (κ3) is 4.55. The van der Waals surface area contributed by atoms with Gasteiger partial charge in [-0.25, -0.2) is 4.39 Å². The second-order valence-corrected chi connectivity index (χ2v) is 5.98. The Morgan fingerprint density at radius 1 is 1.24 bits per heavy atom. The molecule has 0 aliphatic carbocycles. The van der Waals surface area contributed by atoms with E-state index in [-0.39, 0.29) is 18.5 Å². The normalized spacial score (nSPS) is 12.2. The maximum Gasteiger partial charge on any atom is 0.129 e. The van der Waals surface area contributed by atoms with Crippen molar-refractivity contribution >= 4 is 21.6 Å². The van der Waals surface area contributed by atoms with Gasteiger partial charge in [-0.3, -0.25) is 0 Å². The van der Waals surface area contributed by atoms with Crippen LogP contribution < -0.4 is 5.32 Å². The van der Waals surface area contributed by atoms with Crippen molar-refractivity contribution < 1.29 is 9.50 Å². The Labute approximate surface area is 133 Å². The summed E-state index contributed by atoms with van der Waals surface area (Å²) in [5.41, 5.74) is 2.76. The van der Waals surface area contributed by atoms with Crippen LogP contribution in [0, 0.1) is 5.82 Å². The molecule has 0 amide bonds. The van der Waals surface area contributed by atoms with Crippen LogP contribution in [0.5, 0.6) is 0 Å². The molecule has 1 unspecified atom stereocenters. The highest BCUT2D eigenvalue weighted by molar-refractivity contribution is 9.10. The van der Waals surface area contributed by atoms with E-state index >= 15 is 0 Å². The van der Waals surface area contributed by atoms with Gasteiger partial charge in [0, 0.05) is 22.3 Å². The Morgan fingerprint density at radius 3 is 2.76 bits per heavy atom. The highest BCUT2D eigenvalue weighted by Crippen LogP contribution is 2.24. The van der Waals surface area contributed by atoms with Crippen molar-refractivity contribution in [2.24, 2.45) is 0 Å². The molecular weight excluding hydrogens is 333 g/mol. The Hall–Kier alpha value is -1.39. The maximum atomic E-state index is 14.0. The predicted molar refractivity (Wildman–Crippen MR) is 88.0 cm³/mol. The Bertz CT molecular complexity index is 603. The van der Waals surface area contributed by atoms with Gasteiger partial charge in [-0.1, -0.05) is 34.1 Å². The summed E-state index contributed by atoms with van der Waals surface area (Å²) in [5, 5.41) is 12.2. The fourth-order valence-electron chi connectivity index (χ4n) is 2.28. The number of halogens is 2. The molecule has 0 aromatic heterocycles. The number of aliphatic hydroxyl groups is 1. The van der Waals surface area contributed by atoms with Crippen LogP contribution in [0.4, 0.5) is 10.1 Å². The average Bonchev–Trinajstić information content (AvgIpc) is 2.45. The third-order valence-electron chi connectivity index (χ3n) is 3.36. The zero-order valence-corrected chi connectivity index (χ0v) is 13.5. The van der Waals surface area contributed by atoms with E-state index in [0.717, 1.165) is 28.6 Å². The van der Waals surface area contributed by atoms with Gasteiger partial charge in [-0.05, 0) is 49.6 Å². The molecule has 0 bridgehead atoms. The molecule has 0 heterocycles. The average molecular weight is 352 g/mol. The molecule has 0 saturated heterocycles. The SMILES string of the molecule is CC(Nc1cccc(CCCO)c1)c1ccc(Br)cc1F. The minimum absolute atomic E-state index is 0.119. The molecular formula is C17H19BrFNO. The Kier molecular flexibility index (Phi) is 5.76. The molecule has 2 aromatic rings. The van der Waals surface area contributed by atoms with Gasteiger partial charge in [-0.2, -0.15) is 0 Å². The molecule has 0 radical (unpaired) electrons. The van der Waals surface area contributed by atoms with E-state index < -0.39 is 0 Å². The van der Waals surface area contributed by atoms with Crippen molar-refractivity contribution in [1.82, 2.24) is 0 Å². The van der Waals surface area contributed by atoms with Crippen molar-refractivity contribution in [1.29, 1.82) is 0 Å². The largest absolute Gasteiger partial charge is 0.396 e. The summed E-state index contributed by atoms with van der Waals surface area (Å²) in [6.45, 7) is 2.13. The molecule has 0 aliphatic heterocycles. The lowest BCUT2D eigenvalue weighted by molar-refractivity contribution is 0.288. The molecule has 2 nitrogen and oxygen atoms in total. The standard InChI is InChI=1S/C17H19BrFNO/c1-12(16-8-7-14(18)11-17(16)19)20-15-6-2-4-13(10-15)5-3-9-21/h2,4,6-8,10-12,20-21H,3,5,9H2,1H3. The number of aliphatic hydroxyl groups excluding tert-OH is 1. The van der Waals surface area contributed by atoms with Crippen LogP contribution in [0.3, 0.4) is 0 Å². The molecule has 0 spiro atoms. The zero-order chi connectivity index (χ0) is 15.2. The molecule has 4 heteroatoms. The van der Waals surface area contributed by atoms with E-state index in [1.54, 1.807) is 6.07 Å². The van der Waals surface area contributed by atoms with Gasteiger partial charge in [0.15, 0.2) is 0 Å². The van der Waals surface area contributed by atoms with Gasteiger partial charge in [0.25, 0.3) is 0 Å². The van der Waals surface area contributed by atoms with Crippen LogP contribution in [0.15, 0.2) is 46.9 Å². The number of nitrogens with one attached hydrogen (secondary N) is 1. The highest BCUT2D eigenvalue weighted by atomic mass is 79.9. The molecule has 1 atom stereocenters. The number of rotatable bonds is 6.